The summed E-state index contributed by atoms with van der Waals surface area (Å²) in [4.78, 5) is -0.295. The van der Waals surface area contributed by atoms with Crippen LogP contribution in [-0.2, 0) is 20.0 Å². The second kappa shape index (κ2) is 3.92. The number of sulfonamides is 2. The number of hydrogen-bond donors (Lipinski definition) is 3. The largest absolute Gasteiger partial charge is 0.506 e. The van der Waals surface area contributed by atoms with Crippen molar-refractivity contribution in [2.24, 2.45) is 5.14 Å². The van der Waals surface area contributed by atoms with E-state index < -0.39 is 25.8 Å². The summed E-state index contributed by atoms with van der Waals surface area (Å²) in [7, 11) is -7.55. The third kappa shape index (κ3) is 3.36. The molecule has 0 radical (unpaired) electrons. The molecule has 0 fully saturated rings. The highest BCUT2D eigenvalue weighted by molar-refractivity contribution is 7.92. The lowest BCUT2D eigenvalue weighted by Crippen LogP contribution is -2.14. The van der Waals surface area contributed by atoms with Gasteiger partial charge in [-0.05, 0) is 18.2 Å². The molecule has 90 valence electrons. The zero-order valence-corrected chi connectivity index (χ0v) is 9.84. The molecule has 7 nitrogen and oxygen atoms in total. The number of phenols is 1. The van der Waals surface area contributed by atoms with E-state index in [1.807, 2.05) is 4.72 Å². The molecule has 1 aromatic carbocycles. The number of primary sulfonamides is 1. The fourth-order valence-corrected chi connectivity index (χ4v) is 2.08. The molecule has 0 aliphatic rings. The van der Waals surface area contributed by atoms with E-state index in [1.165, 1.54) is 0 Å². The van der Waals surface area contributed by atoms with E-state index in [1.54, 1.807) is 0 Å². The summed E-state index contributed by atoms with van der Waals surface area (Å²) in [6.07, 6.45) is 0.871. The highest BCUT2D eigenvalue weighted by Crippen LogP contribution is 2.26. The predicted molar refractivity (Wildman–Crippen MR) is 57.9 cm³/mol. The third-order valence-electron chi connectivity index (χ3n) is 1.59. The van der Waals surface area contributed by atoms with Crippen molar-refractivity contribution in [1.29, 1.82) is 0 Å². The average molecular weight is 266 g/mol. The summed E-state index contributed by atoms with van der Waals surface area (Å²) in [5, 5.41) is 14.2. The van der Waals surface area contributed by atoms with Crippen LogP contribution in [0.1, 0.15) is 0 Å². The van der Waals surface area contributed by atoms with Gasteiger partial charge < -0.3 is 5.11 Å². The predicted octanol–water partition coefficient (Wildman–Crippen LogP) is -0.589. The molecule has 0 aliphatic carbocycles. The smallest absolute Gasteiger partial charge is 0.238 e. The van der Waals surface area contributed by atoms with Crippen LogP contribution >= 0.6 is 0 Å². The Morgan fingerprint density at radius 3 is 2.25 bits per heavy atom. The summed E-state index contributed by atoms with van der Waals surface area (Å²) >= 11 is 0. The molecule has 0 spiro atoms. The number of nitrogens with two attached hydrogens (primary N) is 1. The van der Waals surface area contributed by atoms with E-state index in [-0.39, 0.29) is 10.6 Å². The Bertz CT molecular complexity index is 606. The molecular formula is C7H10N2O5S2. The molecule has 0 heterocycles. The van der Waals surface area contributed by atoms with Crippen molar-refractivity contribution in [3.05, 3.63) is 18.2 Å². The van der Waals surface area contributed by atoms with Gasteiger partial charge in [-0.2, -0.15) is 0 Å². The minimum atomic E-state index is -3.94. The average Bonchev–Trinajstić information content (AvgIpc) is 2.04. The fourth-order valence-electron chi connectivity index (χ4n) is 0.974. The monoisotopic (exact) mass is 266 g/mol. The molecule has 0 saturated heterocycles. The number of rotatable bonds is 3. The lowest BCUT2D eigenvalue weighted by molar-refractivity contribution is 0.477. The van der Waals surface area contributed by atoms with Gasteiger partial charge in [-0.25, -0.2) is 22.0 Å². The van der Waals surface area contributed by atoms with Crippen LogP contribution in [0.25, 0.3) is 0 Å². The van der Waals surface area contributed by atoms with Gasteiger partial charge in [0.25, 0.3) is 0 Å². The Balaban J connectivity index is 3.31. The Labute approximate surface area is 93.0 Å². The Kier molecular flexibility index (Phi) is 3.13. The zero-order chi connectivity index (χ0) is 12.6. The number of anilines is 1. The molecule has 4 N–H and O–H groups in total. The topological polar surface area (TPSA) is 127 Å². The van der Waals surface area contributed by atoms with E-state index in [2.05, 4.69) is 0 Å². The van der Waals surface area contributed by atoms with Crippen molar-refractivity contribution < 1.29 is 21.9 Å². The van der Waals surface area contributed by atoms with Gasteiger partial charge in [-0.15, -0.1) is 0 Å². The Hall–Kier alpha value is -1.32. The Morgan fingerprint density at radius 1 is 1.25 bits per heavy atom. The zero-order valence-electron chi connectivity index (χ0n) is 8.21. The number of phenolic OH excluding ortho intramolecular Hbond substituents is 1. The fraction of sp³-hybridized carbons (Fsp3) is 0.143. The van der Waals surface area contributed by atoms with Gasteiger partial charge in [-0.1, -0.05) is 0 Å². The van der Waals surface area contributed by atoms with E-state index in [4.69, 9.17) is 5.14 Å². The van der Waals surface area contributed by atoms with E-state index >= 15 is 0 Å². The second-order valence-corrected chi connectivity index (χ2v) is 6.41. The minimum Gasteiger partial charge on any atom is -0.506 e. The lowest BCUT2D eigenvalue weighted by atomic mass is 10.3. The molecule has 1 rings (SSSR count). The molecule has 0 aromatic heterocycles. The van der Waals surface area contributed by atoms with Crippen LogP contribution in [0.2, 0.25) is 0 Å². The molecule has 0 aliphatic heterocycles. The van der Waals surface area contributed by atoms with Crippen LogP contribution in [0.4, 0.5) is 5.69 Å². The molecule has 0 unspecified atom stereocenters. The quantitative estimate of drug-likeness (QED) is 0.630. The van der Waals surface area contributed by atoms with E-state index in [9.17, 15) is 21.9 Å². The van der Waals surface area contributed by atoms with Crippen molar-refractivity contribution in [3.8, 4) is 5.75 Å². The van der Waals surface area contributed by atoms with Gasteiger partial charge in [0.05, 0.1) is 16.8 Å². The third-order valence-corrected chi connectivity index (χ3v) is 3.09. The van der Waals surface area contributed by atoms with E-state index in [0.29, 0.717) is 0 Å². The van der Waals surface area contributed by atoms with Gasteiger partial charge in [0, 0.05) is 0 Å². The summed E-state index contributed by atoms with van der Waals surface area (Å²) in [6, 6.07) is 3.04. The molecule has 16 heavy (non-hydrogen) atoms. The second-order valence-electron chi connectivity index (χ2n) is 3.10. The van der Waals surface area contributed by atoms with Gasteiger partial charge in [0.15, 0.2) is 0 Å². The number of aromatic hydroxyl groups is 1. The first kappa shape index (κ1) is 12.7. The first-order valence-corrected chi connectivity index (χ1v) is 7.37. The normalized spacial score (nSPS) is 12.4. The van der Waals surface area contributed by atoms with Gasteiger partial charge in [0.1, 0.15) is 5.75 Å². The SMILES string of the molecule is CS(=O)(=O)Nc1cc(S(N)(=O)=O)ccc1O. The number of hydrogen-bond acceptors (Lipinski definition) is 5. The summed E-state index contributed by atoms with van der Waals surface area (Å²) in [5.74, 6) is -0.391. The first-order chi connectivity index (χ1) is 7.09. The molecule has 0 amide bonds. The molecule has 0 atom stereocenters. The van der Waals surface area contributed by atoms with Crippen LogP contribution in [0, 0.1) is 0 Å². The van der Waals surface area contributed by atoms with Crippen LogP contribution in [-0.4, -0.2) is 28.2 Å². The van der Waals surface area contributed by atoms with Crippen molar-refractivity contribution in [2.75, 3.05) is 11.0 Å². The minimum absolute atomic E-state index is 0.242. The highest BCUT2D eigenvalue weighted by atomic mass is 32.2. The number of nitrogens with one attached hydrogen (secondary N) is 1. The summed E-state index contributed by atoms with van der Waals surface area (Å²) in [6.45, 7) is 0. The van der Waals surface area contributed by atoms with Crippen molar-refractivity contribution in [3.63, 3.8) is 0 Å². The first-order valence-electron chi connectivity index (χ1n) is 3.93. The van der Waals surface area contributed by atoms with Crippen molar-refractivity contribution in [1.82, 2.24) is 0 Å². The van der Waals surface area contributed by atoms with Crippen LogP contribution in [0.3, 0.4) is 0 Å². The molecule has 9 heteroatoms. The number of benzene rings is 1. The van der Waals surface area contributed by atoms with Crippen molar-refractivity contribution >= 4 is 25.7 Å². The maximum Gasteiger partial charge on any atom is 0.238 e. The molecule has 1 aromatic rings. The maximum absolute atomic E-state index is 11.0. The summed E-state index contributed by atoms with van der Waals surface area (Å²) < 4.78 is 45.7. The maximum atomic E-state index is 11.0. The van der Waals surface area contributed by atoms with Crippen molar-refractivity contribution in [2.45, 2.75) is 4.90 Å². The van der Waals surface area contributed by atoms with Gasteiger partial charge in [-0.3, -0.25) is 4.72 Å². The summed E-state index contributed by atoms with van der Waals surface area (Å²) in [5.41, 5.74) is -0.242. The van der Waals surface area contributed by atoms with Crippen LogP contribution < -0.4 is 9.86 Å². The molecule has 0 saturated carbocycles. The Morgan fingerprint density at radius 2 is 1.81 bits per heavy atom. The molecular weight excluding hydrogens is 256 g/mol. The standard InChI is InChI=1S/C7H10N2O5S2/c1-15(11,12)9-6-4-5(16(8,13)14)2-3-7(6)10/h2-4,9-10H,1H3,(H2,8,13,14). The lowest BCUT2D eigenvalue weighted by Gasteiger charge is -2.07. The highest BCUT2D eigenvalue weighted by Gasteiger charge is 2.13. The van der Waals surface area contributed by atoms with E-state index in [0.717, 1.165) is 24.5 Å². The van der Waals surface area contributed by atoms with Crippen LogP contribution in [0.5, 0.6) is 5.75 Å². The van der Waals surface area contributed by atoms with Crippen LogP contribution in [0.15, 0.2) is 23.1 Å². The van der Waals surface area contributed by atoms with Gasteiger partial charge in [0.2, 0.25) is 20.0 Å². The molecule has 0 bridgehead atoms. The van der Waals surface area contributed by atoms with Gasteiger partial charge >= 0.3 is 0 Å².